The number of amides is 3. The quantitative estimate of drug-likeness (QED) is 0.724. The van der Waals surface area contributed by atoms with Crippen molar-refractivity contribution in [1.82, 2.24) is 15.1 Å². The lowest BCUT2D eigenvalue weighted by molar-refractivity contribution is -0.123. The lowest BCUT2D eigenvalue weighted by Gasteiger charge is -2.08. The summed E-state index contributed by atoms with van der Waals surface area (Å²) in [6, 6.07) is 6.97. The standard InChI is InChI=1S/C18H23N5O3/c1-11-18(12(2)23(4)22-11)21-17(26)10-19-16(25)9-14-5-7-15(8-6-14)20-13(3)24/h5-8H,9-10H2,1-4H3,(H,19,25)(H,20,24)(H,21,26). The summed E-state index contributed by atoms with van der Waals surface area (Å²) >= 11 is 0. The molecule has 3 N–H and O–H groups in total. The molecule has 3 amide bonds. The van der Waals surface area contributed by atoms with Crippen molar-refractivity contribution in [2.45, 2.75) is 27.2 Å². The topological polar surface area (TPSA) is 105 Å². The zero-order chi connectivity index (χ0) is 19.3. The van der Waals surface area contributed by atoms with Crippen LogP contribution in [0.4, 0.5) is 11.4 Å². The van der Waals surface area contributed by atoms with Crippen LogP contribution in [0.15, 0.2) is 24.3 Å². The monoisotopic (exact) mass is 357 g/mol. The number of carbonyl (C=O) groups is 3. The first kappa shape index (κ1) is 19.2. The summed E-state index contributed by atoms with van der Waals surface area (Å²) in [4.78, 5) is 35.0. The molecule has 0 saturated heterocycles. The minimum Gasteiger partial charge on any atom is -0.347 e. The SMILES string of the molecule is CC(=O)Nc1ccc(CC(=O)NCC(=O)Nc2c(C)nn(C)c2C)cc1. The summed E-state index contributed by atoms with van der Waals surface area (Å²) in [6.07, 6.45) is 0.151. The van der Waals surface area contributed by atoms with Gasteiger partial charge in [-0.25, -0.2) is 0 Å². The minimum atomic E-state index is -0.307. The Kier molecular flexibility index (Phi) is 6.11. The van der Waals surface area contributed by atoms with Gasteiger partial charge in [-0.3, -0.25) is 19.1 Å². The lowest BCUT2D eigenvalue weighted by atomic mass is 10.1. The molecular weight excluding hydrogens is 334 g/mol. The van der Waals surface area contributed by atoms with E-state index in [1.165, 1.54) is 6.92 Å². The molecule has 2 rings (SSSR count). The fraction of sp³-hybridized carbons (Fsp3) is 0.333. The van der Waals surface area contributed by atoms with Crippen molar-refractivity contribution < 1.29 is 14.4 Å². The first-order chi connectivity index (χ1) is 12.3. The van der Waals surface area contributed by atoms with E-state index >= 15 is 0 Å². The number of rotatable bonds is 6. The van der Waals surface area contributed by atoms with Crippen molar-refractivity contribution in [3.63, 3.8) is 0 Å². The molecule has 8 nitrogen and oxygen atoms in total. The van der Waals surface area contributed by atoms with E-state index in [-0.39, 0.29) is 30.7 Å². The van der Waals surface area contributed by atoms with Crippen molar-refractivity contribution in [3.05, 3.63) is 41.2 Å². The van der Waals surface area contributed by atoms with E-state index < -0.39 is 0 Å². The van der Waals surface area contributed by atoms with Gasteiger partial charge in [-0.1, -0.05) is 12.1 Å². The summed E-state index contributed by atoms with van der Waals surface area (Å²) in [5.41, 5.74) is 3.70. The van der Waals surface area contributed by atoms with Crippen LogP contribution in [0.2, 0.25) is 0 Å². The summed E-state index contributed by atoms with van der Waals surface area (Å²) in [5, 5.41) is 12.3. The molecule has 26 heavy (non-hydrogen) atoms. The second kappa shape index (κ2) is 8.28. The van der Waals surface area contributed by atoms with E-state index in [2.05, 4.69) is 21.0 Å². The maximum Gasteiger partial charge on any atom is 0.243 e. The Hall–Kier alpha value is -3.16. The van der Waals surface area contributed by atoms with Gasteiger partial charge in [0.15, 0.2) is 0 Å². The average molecular weight is 357 g/mol. The summed E-state index contributed by atoms with van der Waals surface area (Å²) < 4.78 is 1.69. The zero-order valence-corrected chi connectivity index (χ0v) is 15.3. The molecule has 0 unspecified atom stereocenters. The van der Waals surface area contributed by atoms with E-state index in [0.29, 0.717) is 11.4 Å². The van der Waals surface area contributed by atoms with Crippen molar-refractivity contribution >= 4 is 29.1 Å². The fourth-order valence-corrected chi connectivity index (χ4v) is 2.47. The Balaban J connectivity index is 1.82. The molecule has 0 aliphatic heterocycles. The summed E-state index contributed by atoms with van der Waals surface area (Å²) in [7, 11) is 1.80. The molecule has 0 saturated carbocycles. The first-order valence-electron chi connectivity index (χ1n) is 8.19. The highest BCUT2D eigenvalue weighted by atomic mass is 16.2. The number of carbonyl (C=O) groups excluding carboxylic acids is 3. The Morgan fingerprint density at radius 3 is 2.23 bits per heavy atom. The number of hydrogen-bond acceptors (Lipinski definition) is 4. The highest BCUT2D eigenvalue weighted by molar-refractivity contribution is 5.95. The van der Waals surface area contributed by atoms with Crippen LogP contribution >= 0.6 is 0 Å². The lowest BCUT2D eigenvalue weighted by Crippen LogP contribution is -2.34. The van der Waals surface area contributed by atoms with Crippen molar-refractivity contribution in [2.24, 2.45) is 7.05 Å². The molecule has 1 heterocycles. The van der Waals surface area contributed by atoms with Gasteiger partial charge in [0.25, 0.3) is 0 Å². The maximum absolute atomic E-state index is 12.0. The molecule has 1 aromatic carbocycles. The van der Waals surface area contributed by atoms with Gasteiger partial charge in [-0.15, -0.1) is 0 Å². The molecule has 0 aliphatic rings. The predicted octanol–water partition coefficient (Wildman–Crippen LogP) is 1.29. The number of nitrogens with zero attached hydrogens (tertiary/aromatic N) is 2. The maximum atomic E-state index is 12.0. The van der Waals surface area contributed by atoms with E-state index in [4.69, 9.17) is 0 Å². The Morgan fingerprint density at radius 1 is 1.04 bits per heavy atom. The van der Waals surface area contributed by atoms with Gasteiger partial charge in [0.2, 0.25) is 17.7 Å². The zero-order valence-electron chi connectivity index (χ0n) is 15.3. The molecule has 0 fully saturated rings. The van der Waals surface area contributed by atoms with Gasteiger partial charge in [0, 0.05) is 19.7 Å². The van der Waals surface area contributed by atoms with Gasteiger partial charge >= 0.3 is 0 Å². The predicted molar refractivity (Wildman–Crippen MR) is 98.8 cm³/mol. The van der Waals surface area contributed by atoms with Crippen LogP contribution in [0.5, 0.6) is 0 Å². The third kappa shape index (κ3) is 5.17. The van der Waals surface area contributed by atoms with Gasteiger partial charge < -0.3 is 16.0 Å². The fourth-order valence-electron chi connectivity index (χ4n) is 2.47. The van der Waals surface area contributed by atoms with Gasteiger partial charge in [0.05, 0.1) is 30.0 Å². The third-order valence-corrected chi connectivity index (χ3v) is 3.86. The van der Waals surface area contributed by atoms with E-state index in [9.17, 15) is 14.4 Å². The highest BCUT2D eigenvalue weighted by Crippen LogP contribution is 2.17. The number of aromatic nitrogens is 2. The van der Waals surface area contributed by atoms with Gasteiger partial charge in [-0.05, 0) is 31.5 Å². The number of aryl methyl sites for hydroxylation is 2. The van der Waals surface area contributed by atoms with E-state index in [1.54, 1.807) is 36.0 Å². The van der Waals surface area contributed by atoms with E-state index in [0.717, 1.165) is 17.0 Å². The number of nitrogens with one attached hydrogen (secondary N) is 3. The highest BCUT2D eigenvalue weighted by Gasteiger charge is 2.13. The number of hydrogen-bond donors (Lipinski definition) is 3. The Bertz CT molecular complexity index is 824. The molecule has 2 aromatic rings. The molecule has 0 spiro atoms. The molecule has 8 heteroatoms. The molecule has 1 aromatic heterocycles. The van der Waals surface area contributed by atoms with Crippen molar-refractivity contribution in [3.8, 4) is 0 Å². The second-order valence-corrected chi connectivity index (χ2v) is 6.05. The van der Waals surface area contributed by atoms with Gasteiger partial charge in [-0.2, -0.15) is 5.10 Å². The molecule has 138 valence electrons. The molecule has 0 atom stereocenters. The first-order valence-corrected chi connectivity index (χ1v) is 8.19. The molecular formula is C18H23N5O3. The van der Waals surface area contributed by atoms with Crippen LogP contribution in [0.3, 0.4) is 0 Å². The normalized spacial score (nSPS) is 10.3. The van der Waals surface area contributed by atoms with Crippen LogP contribution in [0, 0.1) is 13.8 Å². The smallest absolute Gasteiger partial charge is 0.243 e. The third-order valence-electron chi connectivity index (χ3n) is 3.86. The van der Waals surface area contributed by atoms with Crippen LogP contribution in [0.25, 0.3) is 0 Å². The largest absolute Gasteiger partial charge is 0.347 e. The molecule has 0 aliphatic carbocycles. The van der Waals surface area contributed by atoms with E-state index in [1.807, 2.05) is 13.8 Å². The van der Waals surface area contributed by atoms with Gasteiger partial charge in [0.1, 0.15) is 0 Å². The summed E-state index contributed by atoms with van der Waals surface area (Å²) in [5.74, 6) is -0.716. The van der Waals surface area contributed by atoms with Crippen LogP contribution in [-0.2, 0) is 27.9 Å². The average Bonchev–Trinajstić information content (AvgIpc) is 2.80. The Labute approximate surface area is 152 Å². The van der Waals surface area contributed by atoms with Crippen LogP contribution in [-0.4, -0.2) is 34.0 Å². The van der Waals surface area contributed by atoms with Crippen LogP contribution < -0.4 is 16.0 Å². The number of benzene rings is 1. The number of anilines is 2. The summed E-state index contributed by atoms with van der Waals surface area (Å²) in [6.45, 7) is 4.99. The Morgan fingerprint density at radius 2 is 1.69 bits per heavy atom. The van der Waals surface area contributed by atoms with Crippen LogP contribution in [0.1, 0.15) is 23.9 Å². The minimum absolute atomic E-state index is 0.115. The molecule has 0 radical (unpaired) electrons. The van der Waals surface area contributed by atoms with Crippen molar-refractivity contribution in [2.75, 3.05) is 17.2 Å². The van der Waals surface area contributed by atoms with Crippen molar-refractivity contribution in [1.29, 1.82) is 0 Å². The second-order valence-electron chi connectivity index (χ2n) is 6.05. The molecule has 0 bridgehead atoms.